The first-order valence-electron chi connectivity index (χ1n) is 7.69. The van der Waals surface area contributed by atoms with Crippen LogP contribution in [0, 0.1) is 5.92 Å². The molecular formula is C16H10F8N2O3S. The third-order valence-electron chi connectivity index (χ3n) is 4.00. The van der Waals surface area contributed by atoms with Crippen molar-refractivity contribution in [1.29, 1.82) is 0 Å². The van der Waals surface area contributed by atoms with Crippen molar-refractivity contribution in [3.63, 3.8) is 0 Å². The molecule has 1 atom stereocenters. The van der Waals surface area contributed by atoms with E-state index in [0.717, 1.165) is 7.05 Å². The van der Waals surface area contributed by atoms with Gasteiger partial charge in [0.25, 0.3) is 0 Å². The summed E-state index contributed by atoms with van der Waals surface area (Å²) in [6, 6.07) is 1.03. The maximum absolute atomic E-state index is 13.3. The summed E-state index contributed by atoms with van der Waals surface area (Å²) in [5.41, 5.74) is -2.81. The number of hydrogen-bond acceptors (Lipinski definition) is 4. The molecule has 1 aromatic rings. The first-order valence-corrected chi connectivity index (χ1v) is 8.76. The highest BCUT2D eigenvalue weighted by atomic mass is 32.2. The van der Waals surface area contributed by atoms with Crippen molar-refractivity contribution in [2.24, 2.45) is 5.92 Å². The third kappa shape index (κ3) is 4.52. The molecule has 0 bridgehead atoms. The number of alkyl halides is 8. The third-order valence-corrected chi connectivity index (χ3v) is 4.76. The van der Waals surface area contributed by atoms with Gasteiger partial charge in [0.2, 0.25) is 16.2 Å². The van der Waals surface area contributed by atoms with Crippen LogP contribution in [0.5, 0.6) is 0 Å². The minimum absolute atomic E-state index is 0.182. The number of aromatic nitrogens is 1. The van der Waals surface area contributed by atoms with E-state index in [4.69, 9.17) is 0 Å². The van der Waals surface area contributed by atoms with E-state index in [-0.39, 0.29) is 12.3 Å². The zero-order valence-electron chi connectivity index (χ0n) is 14.6. The van der Waals surface area contributed by atoms with Gasteiger partial charge in [0.1, 0.15) is 5.82 Å². The summed E-state index contributed by atoms with van der Waals surface area (Å²) in [6.07, 6.45) is -9.13. The summed E-state index contributed by atoms with van der Waals surface area (Å²) in [5, 5.41) is 0. The normalized spacial score (nSPS) is 17.6. The van der Waals surface area contributed by atoms with E-state index in [1.807, 2.05) is 0 Å². The Kier molecular flexibility index (Phi) is 6.12. The second-order valence-electron chi connectivity index (χ2n) is 5.95. The van der Waals surface area contributed by atoms with Crippen molar-refractivity contribution in [2.75, 3.05) is 11.9 Å². The molecule has 1 heterocycles. The Morgan fingerprint density at radius 2 is 1.67 bits per heavy atom. The maximum atomic E-state index is 13.3. The Morgan fingerprint density at radius 1 is 1.07 bits per heavy atom. The van der Waals surface area contributed by atoms with Crippen LogP contribution in [0.4, 0.5) is 40.9 Å². The number of amides is 1. The Morgan fingerprint density at radius 3 is 2.10 bits per heavy atom. The SMILES string of the molecule is CN(C(=O)C1C=CC(C(F)(F)F)=CC1=S(=O)=O)c1ccc(C(F)(F)C(F)(F)F)cn1. The topological polar surface area (TPSA) is 67.3 Å². The number of allylic oxidation sites excluding steroid dienone is 3. The lowest BCUT2D eigenvalue weighted by Crippen LogP contribution is -2.38. The monoisotopic (exact) mass is 462 g/mol. The molecule has 1 amide bonds. The molecule has 5 nitrogen and oxygen atoms in total. The average Bonchev–Trinajstić information content (AvgIpc) is 2.64. The molecule has 0 aromatic carbocycles. The van der Waals surface area contributed by atoms with E-state index in [9.17, 15) is 48.3 Å². The van der Waals surface area contributed by atoms with Crippen LogP contribution in [0.2, 0.25) is 0 Å². The summed E-state index contributed by atoms with van der Waals surface area (Å²) >= 11 is 0. The quantitative estimate of drug-likeness (QED) is 0.510. The lowest BCUT2D eigenvalue weighted by atomic mass is 9.95. The van der Waals surface area contributed by atoms with Gasteiger partial charge in [0, 0.05) is 18.8 Å². The van der Waals surface area contributed by atoms with Crippen LogP contribution in [0.15, 0.2) is 42.1 Å². The van der Waals surface area contributed by atoms with Gasteiger partial charge < -0.3 is 0 Å². The zero-order valence-corrected chi connectivity index (χ0v) is 15.4. The zero-order chi connectivity index (χ0) is 23.1. The first kappa shape index (κ1) is 23.5. The largest absolute Gasteiger partial charge is 0.458 e. The fourth-order valence-corrected chi connectivity index (χ4v) is 2.98. The van der Waals surface area contributed by atoms with Crippen molar-refractivity contribution in [3.05, 3.63) is 47.7 Å². The second kappa shape index (κ2) is 7.81. The highest BCUT2D eigenvalue weighted by Gasteiger charge is 2.58. The maximum Gasteiger partial charge on any atom is 0.458 e. The highest BCUT2D eigenvalue weighted by Crippen LogP contribution is 2.43. The first-order chi connectivity index (χ1) is 13.6. The number of carbonyl (C=O) groups excluding carboxylic acids is 1. The molecule has 0 saturated carbocycles. The van der Waals surface area contributed by atoms with E-state index in [2.05, 4.69) is 4.98 Å². The minimum atomic E-state index is -5.88. The van der Waals surface area contributed by atoms with Gasteiger partial charge >= 0.3 is 18.3 Å². The molecule has 1 aliphatic carbocycles. The van der Waals surface area contributed by atoms with E-state index in [1.54, 1.807) is 0 Å². The van der Waals surface area contributed by atoms with Crippen LogP contribution in [0.1, 0.15) is 5.56 Å². The Balaban J connectivity index is 2.33. The number of pyridine rings is 1. The fraction of sp³-hybridized carbons (Fsp3) is 0.312. The summed E-state index contributed by atoms with van der Waals surface area (Å²) in [5.74, 6) is -8.42. The molecular weight excluding hydrogens is 452 g/mol. The van der Waals surface area contributed by atoms with Gasteiger partial charge in [-0.2, -0.15) is 43.5 Å². The van der Waals surface area contributed by atoms with E-state index >= 15 is 0 Å². The van der Waals surface area contributed by atoms with Crippen molar-refractivity contribution in [1.82, 2.24) is 4.98 Å². The molecule has 0 aliphatic heterocycles. The van der Waals surface area contributed by atoms with Gasteiger partial charge in [-0.1, -0.05) is 12.2 Å². The average molecular weight is 462 g/mol. The molecule has 164 valence electrons. The van der Waals surface area contributed by atoms with Gasteiger partial charge in [-0.15, -0.1) is 0 Å². The minimum Gasteiger partial charge on any atom is -0.299 e. The summed E-state index contributed by atoms with van der Waals surface area (Å²) in [6.45, 7) is 0. The Labute approximate surface area is 164 Å². The van der Waals surface area contributed by atoms with Crippen molar-refractivity contribution >= 4 is 26.9 Å². The fourth-order valence-electron chi connectivity index (χ4n) is 2.37. The molecule has 1 unspecified atom stereocenters. The van der Waals surface area contributed by atoms with Crippen LogP contribution in [-0.4, -0.2) is 43.6 Å². The molecule has 0 radical (unpaired) electrons. The standard InChI is InChI=1S/C16H10F8N2O3S/c1-26(12-5-3-9(7-25-12)14(17,18)16(22,23)24)13(27)10-4-2-8(15(19,20)21)6-11(10)30(28)29/h2-7,10H,1H3. The predicted molar refractivity (Wildman–Crippen MR) is 88.3 cm³/mol. The predicted octanol–water partition coefficient (Wildman–Crippen LogP) is 3.42. The number of carbonyl (C=O) groups is 1. The summed E-state index contributed by atoms with van der Waals surface area (Å²) in [4.78, 5) is 15.6. The van der Waals surface area contributed by atoms with E-state index < -0.39 is 62.2 Å². The van der Waals surface area contributed by atoms with Crippen LogP contribution < -0.4 is 4.90 Å². The van der Waals surface area contributed by atoms with Crippen LogP contribution >= 0.6 is 0 Å². The molecule has 1 aliphatic rings. The Bertz CT molecular complexity index is 1030. The molecule has 0 N–H and O–H groups in total. The number of halogens is 8. The van der Waals surface area contributed by atoms with Crippen LogP contribution in [0.3, 0.4) is 0 Å². The molecule has 30 heavy (non-hydrogen) atoms. The number of rotatable bonds is 3. The van der Waals surface area contributed by atoms with Crippen molar-refractivity contribution in [3.8, 4) is 0 Å². The van der Waals surface area contributed by atoms with Gasteiger partial charge in [0.15, 0.2) is 0 Å². The molecule has 14 heteroatoms. The molecule has 1 aromatic heterocycles. The summed E-state index contributed by atoms with van der Waals surface area (Å²) in [7, 11) is -2.22. The lowest BCUT2D eigenvalue weighted by molar-refractivity contribution is -0.289. The molecule has 0 fully saturated rings. The van der Waals surface area contributed by atoms with Gasteiger partial charge in [-0.05, 0) is 18.2 Å². The van der Waals surface area contributed by atoms with E-state index in [0.29, 0.717) is 29.2 Å². The van der Waals surface area contributed by atoms with Gasteiger partial charge in [-0.3, -0.25) is 9.69 Å². The molecule has 0 spiro atoms. The van der Waals surface area contributed by atoms with Crippen molar-refractivity contribution in [2.45, 2.75) is 18.3 Å². The van der Waals surface area contributed by atoms with Gasteiger partial charge in [0.05, 0.1) is 16.4 Å². The van der Waals surface area contributed by atoms with Gasteiger partial charge in [-0.25, -0.2) is 4.98 Å². The van der Waals surface area contributed by atoms with Crippen LogP contribution in [0.25, 0.3) is 0 Å². The number of nitrogens with zero attached hydrogens (tertiary/aromatic N) is 2. The molecule has 0 saturated heterocycles. The van der Waals surface area contributed by atoms with Crippen molar-refractivity contribution < 1.29 is 48.3 Å². The summed E-state index contributed by atoms with van der Waals surface area (Å²) < 4.78 is 125. The van der Waals surface area contributed by atoms with E-state index in [1.165, 1.54) is 0 Å². The second-order valence-corrected chi connectivity index (χ2v) is 6.89. The number of anilines is 1. The smallest absolute Gasteiger partial charge is 0.299 e. The molecule has 2 rings (SSSR count). The lowest BCUT2D eigenvalue weighted by Gasteiger charge is -2.24. The Hall–Kier alpha value is -2.77. The van der Waals surface area contributed by atoms with Crippen LogP contribution in [-0.2, 0) is 21.0 Å². The number of hydrogen-bond donors (Lipinski definition) is 0. The highest BCUT2D eigenvalue weighted by molar-refractivity contribution is 7.73.